The van der Waals surface area contributed by atoms with E-state index in [-0.39, 0.29) is 12.5 Å². The fraction of sp³-hybridized carbons (Fsp3) is 0.154. The molecule has 0 fully saturated rings. The number of para-hydroxylation sites is 1. The number of carbonyl (C=O) groups excluding carboxylic acids is 1. The van der Waals surface area contributed by atoms with Crippen molar-refractivity contribution in [3.8, 4) is 28.7 Å². The Labute approximate surface area is 191 Å². The van der Waals surface area contributed by atoms with Crippen molar-refractivity contribution in [1.29, 1.82) is 0 Å². The van der Waals surface area contributed by atoms with Gasteiger partial charge in [-0.05, 0) is 35.9 Å². The second-order valence-electron chi connectivity index (χ2n) is 7.17. The molecule has 0 bridgehead atoms. The van der Waals surface area contributed by atoms with Crippen LogP contribution in [0.1, 0.15) is 21.6 Å². The summed E-state index contributed by atoms with van der Waals surface area (Å²) in [7, 11) is 3.13. The first kappa shape index (κ1) is 22.0. The van der Waals surface area contributed by atoms with Crippen molar-refractivity contribution in [2.75, 3.05) is 14.2 Å². The standard InChI is InChI=1S/C26H24N2O5/c1-30-22-11-7-6-10-21(22)25(29)27-15-20-17-33-26(28-20)19-12-13-23(31-2)24(14-19)32-16-18-8-4-3-5-9-18/h3-14,17H,15-16H2,1-2H3,(H,27,29). The normalized spacial score (nSPS) is 10.5. The van der Waals surface area contributed by atoms with Crippen LogP contribution in [-0.2, 0) is 13.2 Å². The first-order valence-corrected chi connectivity index (χ1v) is 10.4. The molecule has 1 N–H and O–H groups in total. The van der Waals surface area contributed by atoms with Crippen molar-refractivity contribution < 1.29 is 23.4 Å². The summed E-state index contributed by atoms with van der Waals surface area (Å²) in [6, 6.07) is 22.4. The highest BCUT2D eigenvalue weighted by Crippen LogP contribution is 2.33. The smallest absolute Gasteiger partial charge is 0.255 e. The molecule has 0 radical (unpaired) electrons. The van der Waals surface area contributed by atoms with E-state index in [1.807, 2.05) is 54.6 Å². The largest absolute Gasteiger partial charge is 0.496 e. The van der Waals surface area contributed by atoms with Crippen molar-refractivity contribution in [2.24, 2.45) is 0 Å². The summed E-state index contributed by atoms with van der Waals surface area (Å²) < 4.78 is 22.3. The molecular formula is C26H24N2O5. The summed E-state index contributed by atoms with van der Waals surface area (Å²) in [4.78, 5) is 17.0. The summed E-state index contributed by atoms with van der Waals surface area (Å²) in [5.41, 5.74) is 2.84. The predicted molar refractivity (Wildman–Crippen MR) is 123 cm³/mol. The lowest BCUT2D eigenvalue weighted by atomic mass is 10.2. The Kier molecular flexibility index (Phi) is 6.90. The van der Waals surface area contributed by atoms with Gasteiger partial charge < -0.3 is 23.9 Å². The average Bonchev–Trinajstić information content (AvgIpc) is 3.35. The molecule has 1 amide bonds. The fourth-order valence-electron chi connectivity index (χ4n) is 3.28. The molecule has 7 nitrogen and oxygen atoms in total. The number of methoxy groups -OCH3 is 2. The molecule has 0 aliphatic carbocycles. The SMILES string of the molecule is COc1ccc(-c2nc(CNC(=O)c3ccccc3OC)co2)cc1OCc1ccccc1. The van der Waals surface area contributed by atoms with E-state index >= 15 is 0 Å². The van der Waals surface area contributed by atoms with E-state index in [1.165, 1.54) is 13.4 Å². The summed E-state index contributed by atoms with van der Waals surface area (Å²) in [5, 5.41) is 2.84. The van der Waals surface area contributed by atoms with Crippen LogP contribution in [0.2, 0.25) is 0 Å². The van der Waals surface area contributed by atoms with Crippen LogP contribution in [-0.4, -0.2) is 25.1 Å². The zero-order valence-corrected chi connectivity index (χ0v) is 18.4. The number of aromatic nitrogens is 1. The molecule has 0 saturated carbocycles. The molecule has 0 atom stereocenters. The molecule has 4 aromatic rings. The summed E-state index contributed by atoms with van der Waals surface area (Å²) in [6.45, 7) is 0.625. The Balaban J connectivity index is 1.44. The lowest BCUT2D eigenvalue weighted by Crippen LogP contribution is -2.23. The second kappa shape index (κ2) is 10.4. The van der Waals surface area contributed by atoms with Gasteiger partial charge in [0.05, 0.1) is 32.0 Å². The number of rotatable bonds is 9. The molecule has 168 valence electrons. The first-order valence-electron chi connectivity index (χ1n) is 10.4. The van der Waals surface area contributed by atoms with E-state index in [9.17, 15) is 4.79 Å². The number of benzene rings is 3. The van der Waals surface area contributed by atoms with Crippen LogP contribution in [0.15, 0.2) is 83.5 Å². The highest BCUT2D eigenvalue weighted by atomic mass is 16.5. The van der Waals surface area contributed by atoms with E-state index in [0.717, 1.165) is 11.1 Å². The zero-order chi connectivity index (χ0) is 23.0. The number of nitrogens with one attached hydrogen (secondary N) is 1. The number of carbonyl (C=O) groups is 1. The van der Waals surface area contributed by atoms with E-state index in [2.05, 4.69) is 10.3 Å². The Morgan fingerprint density at radius 2 is 1.67 bits per heavy atom. The monoisotopic (exact) mass is 444 g/mol. The Hall–Kier alpha value is -4.26. The van der Waals surface area contributed by atoms with Gasteiger partial charge in [0.15, 0.2) is 11.5 Å². The summed E-state index contributed by atoms with van der Waals surface area (Å²) in [6.07, 6.45) is 1.52. The number of oxazole rings is 1. The fourth-order valence-corrected chi connectivity index (χ4v) is 3.28. The highest BCUT2D eigenvalue weighted by molar-refractivity contribution is 5.96. The highest BCUT2D eigenvalue weighted by Gasteiger charge is 2.14. The minimum absolute atomic E-state index is 0.216. The maximum absolute atomic E-state index is 12.5. The van der Waals surface area contributed by atoms with Gasteiger partial charge in [-0.2, -0.15) is 0 Å². The van der Waals surface area contributed by atoms with Gasteiger partial charge in [0, 0.05) is 5.56 Å². The summed E-state index contributed by atoms with van der Waals surface area (Å²) in [5.74, 6) is 1.88. The third-order valence-electron chi connectivity index (χ3n) is 4.98. The van der Waals surface area contributed by atoms with Crippen LogP contribution in [0.4, 0.5) is 0 Å². The molecule has 33 heavy (non-hydrogen) atoms. The van der Waals surface area contributed by atoms with E-state index in [0.29, 0.717) is 41.0 Å². The molecule has 3 aromatic carbocycles. The second-order valence-corrected chi connectivity index (χ2v) is 7.17. The van der Waals surface area contributed by atoms with Gasteiger partial charge in [-0.1, -0.05) is 42.5 Å². The molecular weight excluding hydrogens is 420 g/mol. The van der Waals surface area contributed by atoms with Crippen molar-refractivity contribution in [3.63, 3.8) is 0 Å². The van der Waals surface area contributed by atoms with Gasteiger partial charge >= 0.3 is 0 Å². The Bertz CT molecular complexity index is 1220. The lowest BCUT2D eigenvalue weighted by Gasteiger charge is -2.11. The van der Waals surface area contributed by atoms with Crippen molar-refractivity contribution in [2.45, 2.75) is 13.2 Å². The topological polar surface area (TPSA) is 82.8 Å². The number of nitrogens with zero attached hydrogens (tertiary/aromatic N) is 1. The van der Waals surface area contributed by atoms with Crippen LogP contribution in [0, 0.1) is 0 Å². The minimum Gasteiger partial charge on any atom is -0.496 e. The predicted octanol–water partition coefficient (Wildman–Crippen LogP) is 4.87. The van der Waals surface area contributed by atoms with Gasteiger partial charge in [0.25, 0.3) is 5.91 Å². The third-order valence-corrected chi connectivity index (χ3v) is 4.98. The van der Waals surface area contributed by atoms with Gasteiger partial charge in [0.1, 0.15) is 18.6 Å². The number of ether oxygens (including phenoxy) is 3. The first-order chi connectivity index (χ1) is 16.2. The van der Waals surface area contributed by atoms with Crippen LogP contribution < -0.4 is 19.5 Å². The van der Waals surface area contributed by atoms with Crippen molar-refractivity contribution in [3.05, 3.63) is 95.9 Å². The molecule has 0 saturated heterocycles. The molecule has 1 heterocycles. The maximum atomic E-state index is 12.5. The molecule has 0 unspecified atom stereocenters. The molecule has 4 rings (SSSR count). The van der Waals surface area contributed by atoms with Gasteiger partial charge in [-0.3, -0.25) is 4.79 Å². The number of amides is 1. The van der Waals surface area contributed by atoms with Crippen molar-refractivity contribution >= 4 is 5.91 Å². The minimum atomic E-state index is -0.252. The number of hydrogen-bond acceptors (Lipinski definition) is 6. The summed E-state index contributed by atoms with van der Waals surface area (Å²) >= 11 is 0. The molecule has 1 aromatic heterocycles. The molecule has 0 aliphatic rings. The molecule has 0 spiro atoms. The van der Waals surface area contributed by atoms with E-state index in [1.54, 1.807) is 25.3 Å². The number of hydrogen-bond donors (Lipinski definition) is 1. The van der Waals surface area contributed by atoms with Gasteiger partial charge in [-0.15, -0.1) is 0 Å². The molecule has 7 heteroatoms. The maximum Gasteiger partial charge on any atom is 0.255 e. The third kappa shape index (κ3) is 5.33. The van der Waals surface area contributed by atoms with Crippen molar-refractivity contribution in [1.82, 2.24) is 10.3 Å². The molecule has 0 aliphatic heterocycles. The lowest BCUT2D eigenvalue weighted by molar-refractivity contribution is 0.0947. The van der Waals surface area contributed by atoms with Crippen LogP contribution in [0.5, 0.6) is 17.2 Å². The van der Waals surface area contributed by atoms with E-state index in [4.69, 9.17) is 18.6 Å². The van der Waals surface area contributed by atoms with Crippen LogP contribution >= 0.6 is 0 Å². The Morgan fingerprint density at radius 1 is 0.909 bits per heavy atom. The Morgan fingerprint density at radius 3 is 2.45 bits per heavy atom. The van der Waals surface area contributed by atoms with Crippen LogP contribution in [0.25, 0.3) is 11.5 Å². The van der Waals surface area contributed by atoms with E-state index < -0.39 is 0 Å². The quantitative estimate of drug-likeness (QED) is 0.397. The van der Waals surface area contributed by atoms with Gasteiger partial charge in [0.2, 0.25) is 5.89 Å². The van der Waals surface area contributed by atoms with Gasteiger partial charge in [-0.25, -0.2) is 4.98 Å². The zero-order valence-electron chi connectivity index (χ0n) is 18.4. The average molecular weight is 444 g/mol. The van der Waals surface area contributed by atoms with Crippen LogP contribution in [0.3, 0.4) is 0 Å².